The van der Waals surface area contributed by atoms with Crippen molar-refractivity contribution in [1.29, 1.82) is 0 Å². The lowest BCUT2D eigenvalue weighted by molar-refractivity contribution is 0.318. The van der Waals surface area contributed by atoms with E-state index in [1.165, 1.54) is 6.07 Å². The van der Waals surface area contributed by atoms with E-state index in [0.717, 1.165) is 17.9 Å². The smallest absolute Gasteiger partial charge is 0.126 e. The summed E-state index contributed by atoms with van der Waals surface area (Å²) in [6.45, 7) is 2.36. The van der Waals surface area contributed by atoms with Crippen LogP contribution in [0.4, 0.5) is 4.39 Å². The van der Waals surface area contributed by atoms with Gasteiger partial charge in [-0.1, -0.05) is 0 Å². The van der Waals surface area contributed by atoms with Crippen molar-refractivity contribution >= 4 is 12.6 Å². The van der Waals surface area contributed by atoms with E-state index < -0.39 is 0 Å². The van der Waals surface area contributed by atoms with Crippen LogP contribution in [0.3, 0.4) is 0 Å². The first-order valence-corrected chi connectivity index (χ1v) is 4.87. The third-order valence-corrected chi connectivity index (χ3v) is 2.02. The van der Waals surface area contributed by atoms with Gasteiger partial charge in [-0.15, -0.1) is 0 Å². The summed E-state index contributed by atoms with van der Waals surface area (Å²) >= 11 is 4.06. The average molecular weight is 200 g/mol. The lowest BCUT2D eigenvalue weighted by Gasteiger charge is -2.05. The molecular weight excluding hydrogens is 187 g/mol. The van der Waals surface area contributed by atoms with Gasteiger partial charge in [0.2, 0.25) is 0 Å². The van der Waals surface area contributed by atoms with E-state index in [1.807, 2.05) is 0 Å². The van der Waals surface area contributed by atoms with Gasteiger partial charge in [-0.2, -0.15) is 12.6 Å². The van der Waals surface area contributed by atoms with E-state index in [2.05, 4.69) is 12.6 Å². The Morgan fingerprint density at radius 3 is 2.85 bits per heavy atom. The SMILES string of the molecule is Cc1cc(OCCCS)ccc1F. The van der Waals surface area contributed by atoms with E-state index in [-0.39, 0.29) is 5.82 Å². The fraction of sp³-hybridized carbons (Fsp3) is 0.400. The quantitative estimate of drug-likeness (QED) is 0.581. The van der Waals surface area contributed by atoms with Gasteiger partial charge in [0.15, 0.2) is 0 Å². The second-order valence-corrected chi connectivity index (χ2v) is 3.28. The normalized spacial score (nSPS) is 10.1. The first kappa shape index (κ1) is 10.4. The van der Waals surface area contributed by atoms with Gasteiger partial charge < -0.3 is 4.74 Å². The number of benzene rings is 1. The third kappa shape index (κ3) is 3.27. The van der Waals surface area contributed by atoms with Crippen LogP contribution in [0.1, 0.15) is 12.0 Å². The van der Waals surface area contributed by atoms with Crippen molar-refractivity contribution in [2.75, 3.05) is 12.4 Å². The Hall–Kier alpha value is -0.700. The lowest BCUT2D eigenvalue weighted by Crippen LogP contribution is -1.98. The molecule has 0 heterocycles. The molecule has 0 saturated heterocycles. The van der Waals surface area contributed by atoms with Crippen LogP contribution in [0.2, 0.25) is 0 Å². The molecule has 72 valence electrons. The van der Waals surface area contributed by atoms with E-state index in [1.54, 1.807) is 19.1 Å². The average Bonchev–Trinajstić information content (AvgIpc) is 2.12. The van der Waals surface area contributed by atoms with Crippen LogP contribution in [0.5, 0.6) is 5.75 Å². The molecule has 1 rings (SSSR count). The zero-order chi connectivity index (χ0) is 9.68. The van der Waals surface area contributed by atoms with Gasteiger partial charge >= 0.3 is 0 Å². The Kier molecular flexibility index (Phi) is 4.09. The van der Waals surface area contributed by atoms with Crippen LogP contribution < -0.4 is 4.74 Å². The van der Waals surface area contributed by atoms with Crippen LogP contribution in [0, 0.1) is 12.7 Å². The maximum Gasteiger partial charge on any atom is 0.126 e. The Morgan fingerprint density at radius 1 is 1.46 bits per heavy atom. The summed E-state index contributed by atoms with van der Waals surface area (Å²) in [5.74, 6) is 1.34. The van der Waals surface area contributed by atoms with Crippen molar-refractivity contribution in [2.45, 2.75) is 13.3 Å². The summed E-state index contributed by atoms with van der Waals surface area (Å²) in [7, 11) is 0. The van der Waals surface area contributed by atoms with E-state index in [9.17, 15) is 4.39 Å². The zero-order valence-corrected chi connectivity index (χ0v) is 8.48. The van der Waals surface area contributed by atoms with Gasteiger partial charge in [0.25, 0.3) is 0 Å². The molecule has 0 radical (unpaired) electrons. The van der Waals surface area contributed by atoms with Crippen molar-refractivity contribution in [3.8, 4) is 5.75 Å². The van der Waals surface area contributed by atoms with E-state index in [0.29, 0.717) is 12.2 Å². The molecule has 0 aliphatic rings. The Labute approximate surface area is 83.3 Å². The number of hydrogen-bond acceptors (Lipinski definition) is 2. The highest BCUT2D eigenvalue weighted by molar-refractivity contribution is 7.80. The summed E-state index contributed by atoms with van der Waals surface area (Å²) in [5, 5.41) is 0. The summed E-state index contributed by atoms with van der Waals surface area (Å²) in [6, 6.07) is 4.76. The molecule has 1 aromatic rings. The molecule has 1 aromatic carbocycles. The largest absolute Gasteiger partial charge is 0.494 e. The van der Waals surface area contributed by atoms with Crippen molar-refractivity contribution in [3.05, 3.63) is 29.6 Å². The molecule has 0 N–H and O–H groups in total. The minimum absolute atomic E-state index is 0.193. The summed E-state index contributed by atoms with van der Waals surface area (Å²) in [4.78, 5) is 0. The summed E-state index contributed by atoms with van der Waals surface area (Å²) in [6.07, 6.45) is 0.902. The highest BCUT2D eigenvalue weighted by atomic mass is 32.1. The molecule has 0 aliphatic heterocycles. The Balaban J connectivity index is 2.53. The lowest BCUT2D eigenvalue weighted by atomic mass is 10.2. The monoisotopic (exact) mass is 200 g/mol. The van der Waals surface area contributed by atoms with Crippen LogP contribution in [0.15, 0.2) is 18.2 Å². The van der Waals surface area contributed by atoms with Gasteiger partial charge in [-0.25, -0.2) is 4.39 Å². The second kappa shape index (κ2) is 5.12. The van der Waals surface area contributed by atoms with Crippen molar-refractivity contribution in [1.82, 2.24) is 0 Å². The van der Waals surface area contributed by atoms with Crippen molar-refractivity contribution in [3.63, 3.8) is 0 Å². The molecule has 0 unspecified atom stereocenters. The number of thiol groups is 1. The Morgan fingerprint density at radius 2 is 2.23 bits per heavy atom. The van der Waals surface area contributed by atoms with Crippen LogP contribution in [-0.2, 0) is 0 Å². The van der Waals surface area contributed by atoms with Gasteiger partial charge in [-0.3, -0.25) is 0 Å². The predicted octanol–water partition coefficient (Wildman–Crippen LogP) is 2.83. The molecule has 0 fully saturated rings. The van der Waals surface area contributed by atoms with Gasteiger partial charge in [0.05, 0.1) is 6.61 Å². The van der Waals surface area contributed by atoms with Crippen molar-refractivity contribution in [2.24, 2.45) is 0 Å². The van der Waals surface area contributed by atoms with Gasteiger partial charge in [0.1, 0.15) is 11.6 Å². The van der Waals surface area contributed by atoms with Crippen LogP contribution >= 0.6 is 12.6 Å². The minimum atomic E-state index is -0.193. The molecule has 0 aliphatic carbocycles. The fourth-order valence-corrected chi connectivity index (χ4v) is 1.09. The molecule has 0 atom stereocenters. The molecule has 3 heteroatoms. The maximum atomic E-state index is 12.8. The maximum absolute atomic E-state index is 12.8. The van der Waals surface area contributed by atoms with Gasteiger partial charge in [-0.05, 0) is 42.9 Å². The topological polar surface area (TPSA) is 9.23 Å². The fourth-order valence-electron chi connectivity index (χ4n) is 0.962. The van der Waals surface area contributed by atoms with E-state index >= 15 is 0 Å². The highest BCUT2D eigenvalue weighted by Crippen LogP contribution is 2.15. The molecule has 0 aromatic heterocycles. The predicted molar refractivity (Wildman–Crippen MR) is 55.1 cm³/mol. The number of rotatable bonds is 4. The number of aryl methyl sites for hydroxylation is 1. The molecule has 13 heavy (non-hydrogen) atoms. The molecule has 0 bridgehead atoms. The summed E-state index contributed by atoms with van der Waals surface area (Å²) < 4.78 is 18.2. The number of hydrogen-bond donors (Lipinski definition) is 1. The van der Waals surface area contributed by atoms with Crippen LogP contribution in [-0.4, -0.2) is 12.4 Å². The summed E-state index contributed by atoms with van der Waals surface area (Å²) in [5.41, 5.74) is 0.614. The first-order valence-electron chi connectivity index (χ1n) is 4.24. The highest BCUT2D eigenvalue weighted by Gasteiger charge is 1.98. The molecular formula is C10H13FOS. The molecule has 0 spiro atoms. The molecule has 1 nitrogen and oxygen atoms in total. The van der Waals surface area contributed by atoms with E-state index in [4.69, 9.17) is 4.74 Å². The minimum Gasteiger partial charge on any atom is -0.494 e. The standard InChI is InChI=1S/C10H13FOS/c1-8-7-9(3-4-10(8)11)12-5-2-6-13/h3-4,7,13H,2,5-6H2,1H3. The van der Waals surface area contributed by atoms with Crippen molar-refractivity contribution < 1.29 is 9.13 Å². The Bertz CT molecular complexity index is 276. The van der Waals surface area contributed by atoms with Crippen LogP contribution in [0.25, 0.3) is 0 Å². The first-order chi connectivity index (χ1) is 6.24. The molecule has 0 amide bonds. The second-order valence-electron chi connectivity index (χ2n) is 2.84. The third-order valence-electron chi connectivity index (χ3n) is 1.70. The number of halogens is 1. The zero-order valence-electron chi connectivity index (χ0n) is 7.59. The van der Waals surface area contributed by atoms with Gasteiger partial charge in [0, 0.05) is 0 Å². The number of ether oxygens (including phenoxy) is 1. The molecule has 0 saturated carbocycles.